The van der Waals surface area contributed by atoms with Crippen LogP contribution in [0.2, 0.25) is 0 Å². The first-order valence-corrected chi connectivity index (χ1v) is 48.6. The number of carbonyl (C=O) groups is 2. The van der Waals surface area contributed by atoms with Gasteiger partial charge in [-0.2, -0.15) is 0 Å². The van der Waals surface area contributed by atoms with Crippen LogP contribution in [-0.4, -0.2) is 45.6 Å². The molecule has 4 N–H and O–H groups in total. The van der Waals surface area contributed by atoms with Crippen LogP contribution in [0.15, 0.2) is 291 Å². The summed E-state index contributed by atoms with van der Waals surface area (Å²) >= 11 is 0. The van der Waals surface area contributed by atoms with E-state index in [1.807, 2.05) is 0 Å². The third-order valence-corrected chi connectivity index (χ3v) is 28.3. The molecule has 14 aromatic carbocycles. The first-order chi connectivity index (χ1) is 63.6. The summed E-state index contributed by atoms with van der Waals surface area (Å²) in [5.41, 5.74) is 30.8. The summed E-state index contributed by atoms with van der Waals surface area (Å²) < 4.78 is 8.81. The number of fused-ring (bicyclic) bond motifs is 12. The zero-order valence-corrected chi connectivity index (χ0v) is 85.5. The summed E-state index contributed by atoms with van der Waals surface area (Å²) in [6, 6.07) is 104. The Hall–Kier alpha value is -12.1. The topological polar surface area (TPSA) is 134 Å². The van der Waals surface area contributed by atoms with E-state index < -0.39 is 22.4 Å². The lowest BCUT2D eigenvalue weighted by Gasteiger charge is -2.32. The van der Waals surface area contributed by atoms with Crippen LogP contribution in [0.25, 0.3) is 89.0 Å². The van der Waals surface area contributed by atoms with Gasteiger partial charge in [-0.05, 0) is 191 Å². The monoisotopic (exact) mass is 1810 g/mol. The highest BCUT2D eigenvalue weighted by Crippen LogP contribution is 2.61. The van der Waals surface area contributed by atoms with Gasteiger partial charge in [0.1, 0.15) is 22.4 Å². The molecule has 0 aliphatic heterocycles. The first-order valence-electron chi connectivity index (χ1n) is 48.6. The lowest BCUT2D eigenvalue weighted by molar-refractivity contribution is -0.141. The second-order valence-electron chi connectivity index (χ2n) is 46.1. The summed E-state index contributed by atoms with van der Waals surface area (Å²) in [5.74, 6) is -0.421. The van der Waals surface area contributed by atoms with Crippen molar-refractivity contribution in [2.75, 3.05) is 13.2 Å². The van der Waals surface area contributed by atoms with Crippen molar-refractivity contribution >= 4 is 11.9 Å². The number of aliphatic hydroxyl groups is 4. The van der Waals surface area contributed by atoms with E-state index in [1.165, 1.54) is 58.4 Å². The molecule has 0 spiro atoms. The molecule has 0 aromatic heterocycles. The second-order valence-corrected chi connectivity index (χ2v) is 46.1. The lowest BCUT2D eigenvalue weighted by Crippen LogP contribution is -2.28. The van der Waals surface area contributed by atoms with Gasteiger partial charge >= 0.3 is 11.9 Å². The van der Waals surface area contributed by atoms with E-state index in [9.17, 15) is 30.0 Å². The number of hydrogen-bond donors (Lipinski definition) is 4. The predicted octanol–water partition coefficient (Wildman–Crippen LogP) is 30.6. The summed E-state index contributed by atoms with van der Waals surface area (Å²) in [6.45, 7) is 60.9. The highest BCUT2D eigenvalue weighted by Gasteiger charge is 2.51. The van der Waals surface area contributed by atoms with Gasteiger partial charge in [-0.15, -0.1) is 0 Å². The average Bonchev–Trinajstić information content (AvgIpc) is 1.56. The van der Waals surface area contributed by atoms with E-state index in [1.54, 1.807) is 13.8 Å². The van der Waals surface area contributed by atoms with Crippen molar-refractivity contribution in [3.05, 3.63) is 402 Å². The Kier molecular flexibility index (Phi) is 25.9. The Bertz CT molecular complexity index is 5860. The van der Waals surface area contributed by atoms with E-state index >= 15 is 0 Å². The van der Waals surface area contributed by atoms with Gasteiger partial charge in [-0.1, -0.05) is 457 Å². The van der Waals surface area contributed by atoms with Crippen LogP contribution >= 0.6 is 0 Å². The summed E-state index contributed by atoms with van der Waals surface area (Å²) in [7, 11) is 0. The molecule has 4 aliphatic carbocycles. The van der Waals surface area contributed by atoms with E-state index in [0.29, 0.717) is 13.2 Å². The smallest absolute Gasteiger partial charge is 0.302 e. The fourth-order valence-electron chi connectivity index (χ4n) is 20.4. The van der Waals surface area contributed by atoms with Gasteiger partial charge in [-0.25, -0.2) is 0 Å². The standard InChI is InChI=1S/2C60H62O2.2C4H8O2/c2*1-55(2,3)39-25-29-45-46-30-26-40(56(4,5)6)34-52(46)59(61,51(45)33-39)49-19-15-13-17-43(49)37-21-23-38(24-22-37)44-18-14-16-20-50(44)60(62)53-35-41(57(7,8)9)27-31-47(53)48-32-28-42(36-54(48)60)58(10,11)12;2*1-3-6-4(2)5/h2*13-36,61-62H,1-12H3;2*3H2,1-2H3. The average molecular weight is 1810 g/mol. The molecule has 700 valence electrons. The van der Waals surface area contributed by atoms with Crippen LogP contribution in [-0.2, 0) is 84.8 Å². The van der Waals surface area contributed by atoms with Crippen molar-refractivity contribution in [1.29, 1.82) is 0 Å². The molecule has 4 aliphatic rings. The van der Waals surface area contributed by atoms with E-state index in [4.69, 9.17) is 0 Å². The largest absolute Gasteiger partial charge is 0.466 e. The van der Waals surface area contributed by atoms with Gasteiger partial charge in [0.05, 0.1) is 13.2 Å². The van der Waals surface area contributed by atoms with Crippen molar-refractivity contribution in [2.45, 2.75) is 260 Å². The van der Waals surface area contributed by atoms with Crippen molar-refractivity contribution < 1.29 is 39.5 Å². The molecular weight excluding hydrogens is 1670 g/mol. The highest BCUT2D eigenvalue weighted by molar-refractivity contribution is 5.92. The predicted molar refractivity (Wildman–Crippen MR) is 565 cm³/mol. The zero-order valence-electron chi connectivity index (χ0n) is 85.5. The minimum absolute atomic E-state index is 0.0908. The normalized spacial score (nSPS) is 14.5. The second kappa shape index (κ2) is 35.8. The molecule has 8 heteroatoms. The molecule has 0 atom stereocenters. The summed E-state index contributed by atoms with van der Waals surface area (Å²) in [5, 5.41) is 54.3. The molecular formula is C128H140O8. The summed E-state index contributed by atoms with van der Waals surface area (Å²) in [6.07, 6.45) is 0. The van der Waals surface area contributed by atoms with Gasteiger partial charge in [0.15, 0.2) is 0 Å². The molecule has 14 aromatic rings. The maximum atomic E-state index is 13.6. The third-order valence-electron chi connectivity index (χ3n) is 28.3. The number of ether oxygens (including phenoxy) is 2. The zero-order chi connectivity index (χ0) is 98.7. The van der Waals surface area contributed by atoms with Crippen LogP contribution < -0.4 is 0 Å². The number of hydrogen-bond acceptors (Lipinski definition) is 8. The molecule has 0 saturated carbocycles. The Labute approximate surface area is 810 Å². The Morgan fingerprint density at radius 1 is 0.199 bits per heavy atom. The number of esters is 2. The minimum Gasteiger partial charge on any atom is -0.466 e. The van der Waals surface area contributed by atoms with E-state index in [2.05, 4.69) is 467 Å². The Balaban J connectivity index is 0.000000185. The molecule has 0 radical (unpaired) electrons. The highest BCUT2D eigenvalue weighted by atomic mass is 16.5. The van der Waals surface area contributed by atoms with E-state index in [-0.39, 0.29) is 55.3 Å². The Morgan fingerprint density at radius 3 is 0.441 bits per heavy atom. The maximum absolute atomic E-state index is 13.6. The van der Waals surface area contributed by atoms with Gasteiger partial charge in [0.2, 0.25) is 0 Å². The molecule has 0 heterocycles. The van der Waals surface area contributed by atoms with Crippen LogP contribution in [0.5, 0.6) is 0 Å². The molecule has 0 saturated heterocycles. The Morgan fingerprint density at radius 2 is 0.331 bits per heavy atom. The van der Waals surface area contributed by atoms with Gasteiger partial charge in [-0.3, -0.25) is 9.59 Å². The van der Waals surface area contributed by atoms with Crippen molar-refractivity contribution in [3.8, 4) is 89.0 Å². The molecule has 0 amide bonds. The van der Waals surface area contributed by atoms with Crippen LogP contribution in [0.4, 0.5) is 0 Å². The molecule has 0 unspecified atom stereocenters. The van der Waals surface area contributed by atoms with Gasteiger partial charge in [0, 0.05) is 80.6 Å². The molecule has 136 heavy (non-hydrogen) atoms. The number of carbonyl (C=O) groups excluding carboxylic acids is 2. The third kappa shape index (κ3) is 18.1. The molecule has 0 fully saturated rings. The fraction of sp³-hybridized carbons (Fsp3) is 0.328. The SMILES string of the molecule is CC(C)(C)c1ccc2c(c1)C(O)(c1ccccc1-c1ccc(-c3ccccc3C3(O)c4cc(C(C)(C)C)ccc4-c4ccc(C(C)(C)C)cc43)cc1)c1cc(C(C)(C)C)ccc1-2.CC(C)(C)c1ccc2c(c1)C(O)(c1ccccc1-c1ccc(-c3ccccc3C3(O)c4cc(C(C)(C)C)ccc4-c4ccc(C(C)(C)C)cc43)cc1)c1cc(C(C)(C)C)ccc1-2.CCOC(C)=O.CCOC(C)=O. The maximum Gasteiger partial charge on any atom is 0.302 e. The van der Waals surface area contributed by atoms with Crippen LogP contribution in [0.3, 0.4) is 0 Å². The first kappa shape index (κ1) is 98.4. The molecule has 18 rings (SSSR count). The molecule has 8 nitrogen and oxygen atoms in total. The lowest BCUT2D eigenvalue weighted by atomic mass is 9.76. The van der Waals surface area contributed by atoms with E-state index in [0.717, 1.165) is 156 Å². The molecule has 0 bridgehead atoms. The van der Waals surface area contributed by atoms with Crippen molar-refractivity contribution in [1.82, 2.24) is 0 Å². The van der Waals surface area contributed by atoms with Crippen molar-refractivity contribution in [3.63, 3.8) is 0 Å². The quantitative estimate of drug-likeness (QED) is 0.0995. The van der Waals surface area contributed by atoms with Gasteiger partial charge < -0.3 is 29.9 Å². The number of rotatable bonds is 10. The summed E-state index contributed by atoms with van der Waals surface area (Å²) in [4.78, 5) is 19.6. The van der Waals surface area contributed by atoms with Gasteiger partial charge in [0.25, 0.3) is 0 Å². The fourth-order valence-corrected chi connectivity index (χ4v) is 20.4. The van der Waals surface area contributed by atoms with Crippen molar-refractivity contribution in [2.24, 2.45) is 0 Å². The van der Waals surface area contributed by atoms with Crippen LogP contribution in [0, 0.1) is 0 Å². The van der Waals surface area contributed by atoms with Crippen LogP contribution in [0.1, 0.15) is 305 Å². The minimum atomic E-state index is -1.38. The number of benzene rings is 14.